The number of aliphatic hydroxyl groups is 1. The van der Waals surface area contributed by atoms with Crippen LogP contribution in [0.5, 0.6) is 0 Å². The fourth-order valence-corrected chi connectivity index (χ4v) is 4.62. The first-order valence-corrected chi connectivity index (χ1v) is 11.8. The van der Waals surface area contributed by atoms with E-state index in [-0.39, 0.29) is 16.8 Å². The lowest BCUT2D eigenvalue weighted by atomic mass is 9.75. The van der Waals surface area contributed by atoms with Crippen LogP contribution >= 0.6 is 0 Å². The number of benzene rings is 2. The fraction of sp³-hybridized carbons (Fsp3) is 0.290. The predicted octanol–water partition coefficient (Wildman–Crippen LogP) is 7.66. The average Bonchev–Trinajstić information content (AvgIpc) is 3.25. The van der Waals surface area contributed by atoms with Crippen molar-refractivity contribution in [3.8, 4) is 11.3 Å². The van der Waals surface area contributed by atoms with Crippen LogP contribution in [-0.2, 0) is 10.8 Å². The Bertz CT molecular complexity index is 1630. The van der Waals surface area contributed by atoms with Crippen molar-refractivity contribution in [2.45, 2.75) is 58.4 Å². The number of aromatic nitrogens is 2. The summed E-state index contributed by atoms with van der Waals surface area (Å²) < 4.78 is 29.1. The molecular formula is C31H32N2O2. The van der Waals surface area contributed by atoms with Crippen molar-refractivity contribution >= 4 is 22.1 Å². The summed E-state index contributed by atoms with van der Waals surface area (Å²) in [6.45, 7) is 8.32. The van der Waals surface area contributed by atoms with Crippen LogP contribution in [0.3, 0.4) is 0 Å². The third-order valence-corrected chi connectivity index (χ3v) is 6.92. The van der Waals surface area contributed by atoms with Crippen LogP contribution in [0.4, 0.5) is 0 Å². The molecule has 0 bridgehead atoms. The van der Waals surface area contributed by atoms with E-state index >= 15 is 0 Å². The zero-order chi connectivity index (χ0) is 27.5. The van der Waals surface area contributed by atoms with Crippen molar-refractivity contribution in [1.29, 1.82) is 0 Å². The monoisotopic (exact) mass is 467 g/mol. The standard InChI is InChI=1S/C31H32N2O2/c1-19-10-15-24-23-8-7-9-25(27(23)35-29(24)33-19)26-18-20(16-17-32-26)28(34)31(5,6)22-13-11-21(12-14-22)30(2,3)4/h7-18,28,34H,1-6H3/i1D3. The largest absolute Gasteiger partial charge is 0.437 e. The number of pyridine rings is 2. The van der Waals surface area contributed by atoms with Gasteiger partial charge in [0.15, 0.2) is 0 Å². The van der Waals surface area contributed by atoms with Crippen LogP contribution in [-0.4, -0.2) is 15.1 Å². The summed E-state index contributed by atoms with van der Waals surface area (Å²) in [6, 6.07) is 21.2. The highest BCUT2D eigenvalue weighted by Crippen LogP contribution is 2.40. The lowest BCUT2D eigenvalue weighted by Gasteiger charge is -2.32. The van der Waals surface area contributed by atoms with Gasteiger partial charge < -0.3 is 9.52 Å². The Morgan fingerprint density at radius 1 is 0.886 bits per heavy atom. The average molecular weight is 468 g/mol. The van der Waals surface area contributed by atoms with Crippen LogP contribution in [0.25, 0.3) is 33.3 Å². The van der Waals surface area contributed by atoms with E-state index in [0.29, 0.717) is 11.3 Å². The SMILES string of the molecule is [2H]C([2H])([2H])c1ccc2c(n1)oc1c(-c3cc(C(O)C(C)(C)c4ccc(C(C)(C)C)cc4)ccn3)cccc12. The zero-order valence-electron chi connectivity index (χ0n) is 23.8. The molecule has 4 heteroatoms. The van der Waals surface area contributed by atoms with E-state index in [4.69, 9.17) is 8.53 Å². The van der Waals surface area contributed by atoms with Gasteiger partial charge in [0.1, 0.15) is 5.58 Å². The van der Waals surface area contributed by atoms with E-state index in [1.807, 2.05) is 44.2 Å². The molecule has 0 saturated carbocycles. The maximum Gasteiger partial charge on any atom is 0.227 e. The number of hydrogen-bond acceptors (Lipinski definition) is 4. The second kappa shape index (κ2) is 8.31. The summed E-state index contributed by atoms with van der Waals surface area (Å²) in [6.07, 6.45) is 0.919. The normalized spacial score (nSPS) is 15.1. The number of para-hydroxylation sites is 1. The third kappa shape index (κ3) is 4.12. The zero-order valence-corrected chi connectivity index (χ0v) is 20.8. The predicted molar refractivity (Wildman–Crippen MR) is 143 cm³/mol. The molecule has 0 aliphatic heterocycles. The maximum absolute atomic E-state index is 11.5. The lowest BCUT2D eigenvalue weighted by molar-refractivity contribution is 0.100. The number of fused-ring (bicyclic) bond motifs is 3. The van der Waals surface area contributed by atoms with Crippen LogP contribution in [0.2, 0.25) is 0 Å². The quantitative estimate of drug-likeness (QED) is 0.295. The Morgan fingerprint density at radius 3 is 2.34 bits per heavy atom. The molecule has 2 aromatic carbocycles. The fourth-order valence-electron chi connectivity index (χ4n) is 4.62. The second-order valence-electron chi connectivity index (χ2n) is 10.8. The molecule has 1 atom stereocenters. The molecule has 1 unspecified atom stereocenters. The van der Waals surface area contributed by atoms with Gasteiger partial charge in [-0.1, -0.05) is 71.0 Å². The summed E-state index contributed by atoms with van der Waals surface area (Å²) in [7, 11) is 0. The molecule has 3 heterocycles. The lowest BCUT2D eigenvalue weighted by Crippen LogP contribution is -2.27. The third-order valence-electron chi connectivity index (χ3n) is 6.92. The molecule has 0 fully saturated rings. The molecule has 3 aromatic heterocycles. The molecule has 5 rings (SSSR count). The first-order chi connectivity index (χ1) is 17.8. The number of aryl methyl sites for hydroxylation is 1. The van der Waals surface area contributed by atoms with E-state index in [1.54, 1.807) is 12.3 Å². The number of furan rings is 1. The van der Waals surface area contributed by atoms with Crippen molar-refractivity contribution in [3.63, 3.8) is 0 Å². The topological polar surface area (TPSA) is 59.2 Å². The molecule has 1 N–H and O–H groups in total. The molecule has 0 aliphatic rings. The van der Waals surface area contributed by atoms with Gasteiger partial charge in [-0.05, 0) is 59.3 Å². The molecule has 0 spiro atoms. The number of hydrogen-bond donors (Lipinski definition) is 1. The molecule has 178 valence electrons. The minimum atomic E-state index is -2.32. The first kappa shape index (κ1) is 19.8. The van der Waals surface area contributed by atoms with E-state index in [1.165, 1.54) is 11.6 Å². The van der Waals surface area contributed by atoms with E-state index < -0.39 is 18.4 Å². The first-order valence-electron chi connectivity index (χ1n) is 13.3. The Kier molecular flexibility index (Phi) is 4.70. The van der Waals surface area contributed by atoms with Crippen LogP contribution in [0, 0.1) is 6.85 Å². The Hall–Kier alpha value is -3.50. The summed E-state index contributed by atoms with van der Waals surface area (Å²) >= 11 is 0. The molecule has 0 radical (unpaired) electrons. The van der Waals surface area contributed by atoms with E-state index in [0.717, 1.165) is 27.5 Å². The van der Waals surface area contributed by atoms with Gasteiger partial charge in [0.05, 0.1) is 11.8 Å². The van der Waals surface area contributed by atoms with Crippen molar-refractivity contribution < 1.29 is 13.6 Å². The minimum absolute atomic E-state index is 0.00776. The van der Waals surface area contributed by atoms with Gasteiger partial charge in [0.2, 0.25) is 5.71 Å². The highest BCUT2D eigenvalue weighted by Gasteiger charge is 2.32. The van der Waals surface area contributed by atoms with Crippen LogP contribution in [0.1, 0.15) is 67.2 Å². The summed E-state index contributed by atoms with van der Waals surface area (Å²) in [5.74, 6) is 0. The Morgan fingerprint density at radius 2 is 1.63 bits per heavy atom. The van der Waals surface area contributed by atoms with Crippen molar-refractivity contribution in [2.24, 2.45) is 0 Å². The van der Waals surface area contributed by atoms with Crippen molar-refractivity contribution in [1.82, 2.24) is 9.97 Å². The Balaban J connectivity index is 1.54. The number of nitrogens with zero attached hydrogens (tertiary/aromatic N) is 2. The van der Waals surface area contributed by atoms with Gasteiger partial charge >= 0.3 is 0 Å². The van der Waals surface area contributed by atoms with Gasteiger partial charge in [-0.2, -0.15) is 0 Å². The van der Waals surface area contributed by atoms with Crippen LogP contribution < -0.4 is 0 Å². The molecule has 35 heavy (non-hydrogen) atoms. The number of rotatable bonds is 4. The molecule has 0 saturated heterocycles. The van der Waals surface area contributed by atoms with E-state index in [2.05, 4.69) is 55.0 Å². The minimum Gasteiger partial charge on any atom is -0.437 e. The van der Waals surface area contributed by atoms with Crippen LogP contribution in [0.15, 0.2) is 77.3 Å². The summed E-state index contributed by atoms with van der Waals surface area (Å²) in [5.41, 5.74) is 4.80. The van der Waals surface area contributed by atoms with Gasteiger partial charge in [0, 0.05) is 37.8 Å². The highest BCUT2D eigenvalue weighted by molar-refractivity contribution is 6.08. The smallest absolute Gasteiger partial charge is 0.227 e. The van der Waals surface area contributed by atoms with E-state index in [9.17, 15) is 5.11 Å². The van der Waals surface area contributed by atoms with Gasteiger partial charge in [-0.3, -0.25) is 4.98 Å². The Labute approximate surface area is 210 Å². The molecule has 0 aliphatic carbocycles. The van der Waals surface area contributed by atoms with Gasteiger partial charge in [0.25, 0.3) is 0 Å². The molecular weight excluding hydrogens is 432 g/mol. The molecule has 0 amide bonds. The summed E-state index contributed by atoms with van der Waals surface area (Å²) in [5, 5.41) is 13.1. The van der Waals surface area contributed by atoms with Crippen molar-refractivity contribution in [2.75, 3.05) is 0 Å². The van der Waals surface area contributed by atoms with Crippen molar-refractivity contribution in [3.05, 3.63) is 95.3 Å². The molecule has 4 nitrogen and oxygen atoms in total. The summed E-state index contributed by atoms with van der Waals surface area (Å²) in [4.78, 5) is 8.84. The van der Waals surface area contributed by atoms with Gasteiger partial charge in [-0.15, -0.1) is 0 Å². The second-order valence-corrected chi connectivity index (χ2v) is 10.8. The van der Waals surface area contributed by atoms with Gasteiger partial charge in [-0.25, -0.2) is 4.98 Å². The highest BCUT2D eigenvalue weighted by atomic mass is 16.3. The molecule has 5 aromatic rings. The number of aliphatic hydroxyl groups excluding tert-OH is 1. The maximum atomic E-state index is 11.5.